The maximum atomic E-state index is 11.1. The summed E-state index contributed by atoms with van der Waals surface area (Å²) in [5, 5.41) is 0. The fraction of sp³-hybridized carbons (Fsp3) is 0.500. The van der Waals surface area contributed by atoms with E-state index in [0.717, 1.165) is 0 Å². The number of methoxy groups -OCH3 is 1. The molecule has 0 aliphatic carbocycles. The largest absolute Gasteiger partial charge is 0.365 e. The molecule has 0 aliphatic heterocycles. The van der Waals surface area contributed by atoms with Crippen LogP contribution in [-0.2, 0) is 9.53 Å². The van der Waals surface area contributed by atoms with E-state index in [0.29, 0.717) is 0 Å². The van der Waals surface area contributed by atoms with Crippen molar-refractivity contribution in [2.45, 2.75) is 25.9 Å². The minimum atomic E-state index is -0.767. The zero-order valence-corrected chi connectivity index (χ0v) is 7.76. The normalized spacial score (nSPS) is 15.5. The van der Waals surface area contributed by atoms with Crippen LogP contribution < -0.4 is 0 Å². The van der Waals surface area contributed by atoms with E-state index in [1.54, 1.807) is 19.9 Å². The molecule has 1 unspecified atom stereocenters. The van der Waals surface area contributed by atoms with Crippen LogP contribution in [0.15, 0.2) is 12.2 Å². The number of hydrogen-bond acceptors (Lipinski definition) is 2. The fourth-order valence-electron chi connectivity index (χ4n) is 0.759. The van der Waals surface area contributed by atoms with Gasteiger partial charge in [0.05, 0.1) is 6.42 Å². The van der Waals surface area contributed by atoms with Crippen molar-refractivity contribution in [2.75, 3.05) is 7.11 Å². The van der Waals surface area contributed by atoms with Crippen molar-refractivity contribution < 1.29 is 9.53 Å². The lowest BCUT2D eigenvalue weighted by Gasteiger charge is -2.19. The second kappa shape index (κ2) is 4.74. The second-order valence-corrected chi connectivity index (χ2v) is 2.72. The highest BCUT2D eigenvalue weighted by Gasteiger charge is 2.22. The van der Waals surface area contributed by atoms with Gasteiger partial charge in [-0.1, -0.05) is 12.0 Å². The summed E-state index contributed by atoms with van der Waals surface area (Å²) in [6.45, 7) is 3.51. The minimum absolute atomic E-state index is 0.0141. The SMILES string of the molecule is C#CC(C)(CC(=O)/C=C/C)OC. The molecule has 0 radical (unpaired) electrons. The monoisotopic (exact) mass is 166 g/mol. The number of ether oxygens (including phenoxy) is 1. The molecule has 12 heavy (non-hydrogen) atoms. The predicted octanol–water partition coefficient (Wildman–Crippen LogP) is 1.56. The maximum absolute atomic E-state index is 11.1. The zero-order valence-electron chi connectivity index (χ0n) is 7.76. The summed E-state index contributed by atoms with van der Waals surface area (Å²) in [5.74, 6) is 2.43. The molecule has 0 amide bonds. The summed E-state index contributed by atoms with van der Waals surface area (Å²) in [7, 11) is 1.50. The first-order chi connectivity index (χ1) is 5.58. The van der Waals surface area contributed by atoms with Gasteiger partial charge in [0.15, 0.2) is 5.78 Å². The Morgan fingerprint density at radius 2 is 2.33 bits per heavy atom. The van der Waals surface area contributed by atoms with Crippen LogP contribution in [0.1, 0.15) is 20.3 Å². The lowest BCUT2D eigenvalue weighted by Crippen LogP contribution is -2.27. The van der Waals surface area contributed by atoms with Gasteiger partial charge in [-0.05, 0) is 19.9 Å². The van der Waals surface area contributed by atoms with Crippen molar-refractivity contribution in [3.63, 3.8) is 0 Å². The number of carbonyl (C=O) groups excluding carboxylic acids is 1. The van der Waals surface area contributed by atoms with Crippen molar-refractivity contribution in [1.29, 1.82) is 0 Å². The van der Waals surface area contributed by atoms with E-state index < -0.39 is 5.60 Å². The van der Waals surface area contributed by atoms with Crippen LogP contribution in [0.4, 0.5) is 0 Å². The maximum Gasteiger partial charge on any atom is 0.159 e. The molecule has 2 nitrogen and oxygen atoms in total. The number of terminal acetylenes is 1. The molecule has 0 bridgehead atoms. The molecule has 0 fully saturated rings. The molecule has 0 heterocycles. The van der Waals surface area contributed by atoms with E-state index in [4.69, 9.17) is 11.2 Å². The number of rotatable bonds is 4. The van der Waals surface area contributed by atoms with Crippen molar-refractivity contribution in [3.05, 3.63) is 12.2 Å². The molecule has 0 aromatic heterocycles. The van der Waals surface area contributed by atoms with Gasteiger partial charge in [-0.3, -0.25) is 4.79 Å². The van der Waals surface area contributed by atoms with E-state index in [-0.39, 0.29) is 12.2 Å². The van der Waals surface area contributed by atoms with Crippen molar-refractivity contribution in [3.8, 4) is 12.3 Å². The Kier molecular flexibility index (Phi) is 4.31. The van der Waals surface area contributed by atoms with Gasteiger partial charge in [0.25, 0.3) is 0 Å². The van der Waals surface area contributed by atoms with E-state index >= 15 is 0 Å². The quantitative estimate of drug-likeness (QED) is 0.468. The third-order valence-corrected chi connectivity index (χ3v) is 1.62. The van der Waals surface area contributed by atoms with Gasteiger partial charge in [0, 0.05) is 7.11 Å². The summed E-state index contributed by atoms with van der Waals surface area (Å²) in [6.07, 6.45) is 8.62. The summed E-state index contributed by atoms with van der Waals surface area (Å²) in [5.41, 5.74) is -0.767. The zero-order chi connectivity index (χ0) is 9.61. The molecular formula is C10H14O2. The summed E-state index contributed by atoms with van der Waals surface area (Å²) < 4.78 is 5.01. The summed E-state index contributed by atoms with van der Waals surface area (Å²) in [4.78, 5) is 11.1. The molecule has 66 valence electrons. The molecule has 0 aliphatic rings. The molecule has 0 saturated heterocycles. The molecule has 0 saturated carbocycles. The van der Waals surface area contributed by atoms with Crippen LogP contribution in [0.2, 0.25) is 0 Å². The molecule has 2 heteroatoms. The minimum Gasteiger partial charge on any atom is -0.365 e. The fourth-order valence-corrected chi connectivity index (χ4v) is 0.759. The Bertz CT molecular complexity index is 222. The Morgan fingerprint density at radius 1 is 1.75 bits per heavy atom. The molecule has 0 aromatic carbocycles. The molecule has 1 atom stereocenters. The topological polar surface area (TPSA) is 26.3 Å². The Balaban J connectivity index is 4.24. The number of allylic oxidation sites excluding steroid dienone is 2. The van der Waals surface area contributed by atoms with Gasteiger partial charge in [0.1, 0.15) is 5.60 Å². The van der Waals surface area contributed by atoms with Crippen LogP contribution in [0, 0.1) is 12.3 Å². The highest BCUT2D eigenvalue weighted by atomic mass is 16.5. The Hall–Kier alpha value is -1.07. The van der Waals surface area contributed by atoms with Gasteiger partial charge < -0.3 is 4.74 Å². The van der Waals surface area contributed by atoms with Gasteiger partial charge in [-0.2, -0.15) is 0 Å². The summed E-state index contributed by atoms with van der Waals surface area (Å²) in [6, 6.07) is 0. The Morgan fingerprint density at radius 3 is 2.67 bits per heavy atom. The van der Waals surface area contributed by atoms with E-state index in [9.17, 15) is 4.79 Å². The first-order valence-corrected chi connectivity index (χ1v) is 3.76. The molecule has 0 spiro atoms. The van der Waals surface area contributed by atoms with E-state index in [1.165, 1.54) is 13.2 Å². The van der Waals surface area contributed by atoms with Gasteiger partial charge in [0.2, 0.25) is 0 Å². The third kappa shape index (κ3) is 3.36. The van der Waals surface area contributed by atoms with Crippen molar-refractivity contribution in [1.82, 2.24) is 0 Å². The van der Waals surface area contributed by atoms with E-state index in [1.807, 2.05) is 0 Å². The van der Waals surface area contributed by atoms with Gasteiger partial charge >= 0.3 is 0 Å². The second-order valence-electron chi connectivity index (χ2n) is 2.72. The van der Waals surface area contributed by atoms with Crippen molar-refractivity contribution in [2.24, 2.45) is 0 Å². The van der Waals surface area contributed by atoms with Gasteiger partial charge in [-0.25, -0.2) is 0 Å². The summed E-state index contributed by atoms with van der Waals surface area (Å²) >= 11 is 0. The lowest BCUT2D eigenvalue weighted by molar-refractivity contribution is -0.118. The Labute approximate surface area is 73.6 Å². The number of hydrogen-bond donors (Lipinski definition) is 0. The van der Waals surface area contributed by atoms with Crippen LogP contribution in [0.3, 0.4) is 0 Å². The highest BCUT2D eigenvalue weighted by Crippen LogP contribution is 2.13. The molecule has 0 N–H and O–H groups in total. The first-order valence-electron chi connectivity index (χ1n) is 3.76. The van der Waals surface area contributed by atoms with E-state index in [2.05, 4.69) is 5.92 Å². The number of ketones is 1. The van der Waals surface area contributed by atoms with Crippen LogP contribution in [0.5, 0.6) is 0 Å². The van der Waals surface area contributed by atoms with Crippen LogP contribution in [-0.4, -0.2) is 18.5 Å². The average molecular weight is 166 g/mol. The highest BCUT2D eigenvalue weighted by molar-refractivity contribution is 5.90. The predicted molar refractivity (Wildman–Crippen MR) is 48.7 cm³/mol. The number of carbonyl (C=O) groups is 1. The first kappa shape index (κ1) is 10.9. The third-order valence-electron chi connectivity index (χ3n) is 1.62. The molecular weight excluding hydrogens is 152 g/mol. The lowest BCUT2D eigenvalue weighted by atomic mass is 10.0. The average Bonchev–Trinajstić information content (AvgIpc) is 2.05. The molecule has 0 aromatic rings. The van der Waals surface area contributed by atoms with Crippen LogP contribution in [0.25, 0.3) is 0 Å². The van der Waals surface area contributed by atoms with Gasteiger partial charge in [-0.15, -0.1) is 6.42 Å². The standard InChI is InChI=1S/C10H14O2/c1-5-7-9(11)8-10(3,6-2)12-4/h2,5,7H,8H2,1,3-4H3/b7-5+. The smallest absolute Gasteiger partial charge is 0.159 e. The van der Waals surface area contributed by atoms with Crippen molar-refractivity contribution >= 4 is 5.78 Å². The molecule has 0 rings (SSSR count). The van der Waals surface area contributed by atoms with Crippen LogP contribution >= 0.6 is 0 Å².